The van der Waals surface area contributed by atoms with Crippen molar-refractivity contribution in [2.45, 2.75) is 57.6 Å². The lowest BCUT2D eigenvalue weighted by atomic mass is 9.81. The van der Waals surface area contributed by atoms with Gasteiger partial charge in [-0.3, -0.25) is 9.52 Å². The highest BCUT2D eigenvalue weighted by atomic mass is 32.2. The molecule has 1 atom stereocenters. The maximum atomic E-state index is 12.5. The zero-order valence-corrected chi connectivity index (χ0v) is 22.6. The van der Waals surface area contributed by atoms with Crippen molar-refractivity contribution >= 4 is 21.6 Å². The predicted molar refractivity (Wildman–Crippen MR) is 145 cm³/mol. The zero-order valence-electron chi connectivity index (χ0n) is 21.8. The van der Waals surface area contributed by atoms with Crippen molar-refractivity contribution < 1.29 is 28.2 Å². The molecule has 3 rings (SSSR count). The number of hydrogen-bond donors (Lipinski definition) is 4. The topological polar surface area (TPSA) is 128 Å². The number of anilines is 1. The van der Waals surface area contributed by atoms with Gasteiger partial charge in [0.25, 0.3) is 5.91 Å². The Morgan fingerprint density at radius 3 is 2.32 bits per heavy atom. The number of aliphatic hydroxyl groups excluding tert-OH is 1. The van der Waals surface area contributed by atoms with Gasteiger partial charge in [0.2, 0.25) is 10.0 Å². The van der Waals surface area contributed by atoms with Gasteiger partial charge in [-0.1, -0.05) is 12.1 Å². The third kappa shape index (κ3) is 8.62. The quantitative estimate of drug-likeness (QED) is 0.308. The number of nitrogens with one attached hydrogen (secondary N) is 2. The van der Waals surface area contributed by atoms with Crippen LogP contribution in [0.3, 0.4) is 0 Å². The van der Waals surface area contributed by atoms with Crippen molar-refractivity contribution in [3.8, 4) is 11.5 Å². The van der Waals surface area contributed by atoms with Gasteiger partial charge in [0.15, 0.2) is 0 Å². The minimum absolute atomic E-state index is 0.0227. The number of aliphatic hydroxyl groups is 1. The van der Waals surface area contributed by atoms with Crippen molar-refractivity contribution in [1.82, 2.24) is 10.2 Å². The molecule has 0 spiro atoms. The van der Waals surface area contributed by atoms with Gasteiger partial charge in [-0.15, -0.1) is 0 Å². The predicted octanol–water partition coefficient (Wildman–Crippen LogP) is 3.30. The normalized spacial score (nSPS) is 18.7. The summed E-state index contributed by atoms with van der Waals surface area (Å²) in [5, 5.41) is 23.6. The second-order valence-corrected chi connectivity index (χ2v) is 11.3. The maximum Gasteiger partial charge on any atom is 0.253 e. The van der Waals surface area contributed by atoms with E-state index < -0.39 is 16.1 Å². The molecule has 0 unspecified atom stereocenters. The van der Waals surface area contributed by atoms with E-state index in [4.69, 9.17) is 4.74 Å². The van der Waals surface area contributed by atoms with Gasteiger partial charge >= 0.3 is 0 Å². The van der Waals surface area contributed by atoms with Gasteiger partial charge in [0.05, 0.1) is 11.9 Å². The molecule has 9 nitrogen and oxygen atoms in total. The van der Waals surface area contributed by atoms with Gasteiger partial charge in [0.1, 0.15) is 24.2 Å². The fourth-order valence-electron chi connectivity index (χ4n) is 4.66. The van der Waals surface area contributed by atoms with Crippen LogP contribution in [0.2, 0.25) is 0 Å². The van der Waals surface area contributed by atoms with Crippen LogP contribution in [0.15, 0.2) is 42.5 Å². The van der Waals surface area contributed by atoms with Crippen LogP contribution in [-0.4, -0.2) is 74.1 Å². The van der Waals surface area contributed by atoms with E-state index in [-0.39, 0.29) is 24.0 Å². The smallest absolute Gasteiger partial charge is 0.253 e. The Labute approximate surface area is 219 Å². The summed E-state index contributed by atoms with van der Waals surface area (Å²) in [6, 6.07) is 12.6. The summed E-state index contributed by atoms with van der Waals surface area (Å²) in [4.78, 5) is 14.3. The van der Waals surface area contributed by atoms with Crippen LogP contribution in [0.4, 0.5) is 5.69 Å². The van der Waals surface area contributed by atoms with Crippen molar-refractivity contribution in [3.05, 3.63) is 53.6 Å². The number of ether oxygens (including phenoxy) is 1. The molecule has 1 saturated carbocycles. The van der Waals surface area contributed by atoms with Crippen LogP contribution >= 0.6 is 0 Å². The lowest BCUT2D eigenvalue weighted by Gasteiger charge is -2.30. The van der Waals surface area contributed by atoms with Crippen LogP contribution in [0.5, 0.6) is 11.5 Å². The van der Waals surface area contributed by atoms with E-state index in [1.54, 1.807) is 0 Å². The molecule has 0 aromatic heterocycles. The molecule has 2 aromatic rings. The Kier molecular flexibility index (Phi) is 10.2. The Morgan fingerprint density at radius 1 is 1.08 bits per heavy atom. The van der Waals surface area contributed by atoms with Gasteiger partial charge < -0.3 is 25.2 Å². The molecule has 0 aliphatic heterocycles. The molecule has 0 bridgehead atoms. The second-order valence-electron chi connectivity index (χ2n) is 9.57. The van der Waals surface area contributed by atoms with E-state index in [1.807, 2.05) is 30.9 Å². The summed E-state index contributed by atoms with van der Waals surface area (Å²) in [7, 11) is -3.54. The number of hydrogen-bond acceptors (Lipinski definition) is 7. The first-order valence-corrected chi connectivity index (χ1v) is 14.7. The van der Waals surface area contributed by atoms with E-state index in [2.05, 4.69) is 22.2 Å². The molecule has 0 saturated heterocycles. The number of carbonyl (C=O) groups is 1. The van der Waals surface area contributed by atoms with Gasteiger partial charge in [-0.05, 0) is 75.3 Å². The number of benzene rings is 2. The molecule has 4 N–H and O–H groups in total. The Morgan fingerprint density at radius 2 is 1.73 bits per heavy atom. The number of amides is 1. The SMILES string of the molecule is CCN(CC)C(=O)c1ccc([C@H]2CC[C@H](NC[C@H](O)COc3ccc(O)c(NS(C)(=O)=O)c3)CC2)cc1. The Balaban J connectivity index is 1.41. The largest absolute Gasteiger partial charge is 0.506 e. The highest BCUT2D eigenvalue weighted by Gasteiger charge is 2.23. The summed E-state index contributed by atoms with van der Waals surface area (Å²) in [6.45, 7) is 5.79. The number of rotatable bonds is 12. The van der Waals surface area contributed by atoms with E-state index in [0.717, 1.165) is 37.5 Å². The average Bonchev–Trinajstić information content (AvgIpc) is 2.88. The van der Waals surface area contributed by atoms with E-state index >= 15 is 0 Å². The molecule has 204 valence electrons. The summed E-state index contributed by atoms with van der Waals surface area (Å²) in [5.74, 6) is 0.671. The molecular weight excluding hydrogens is 494 g/mol. The highest BCUT2D eigenvalue weighted by molar-refractivity contribution is 7.92. The lowest BCUT2D eigenvalue weighted by molar-refractivity contribution is 0.0773. The molecular formula is C27H39N3O6S. The summed E-state index contributed by atoms with van der Waals surface area (Å²) in [6.07, 6.45) is 4.32. The zero-order chi connectivity index (χ0) is 27.0. The Hall–Kier alpha value is -2.82. The third-order valence-corrected chi connectivity index (χ3v) is 7.35. The minimum atomic E-state index is -3.54. The van der Waals surface area contributed by atoms with E-state index in [9.17, 15) is 23.4 Å². The summed E-state index contributed by atoms with van der Waals surface area (Å²) >= 11 is 0. The van der Waals surface area contributed by atoms with Gasteiger partial charge in [-0.2, -0.15) is 0 Å². The van der Waals surface area contributed by atoms with E-state index in [1.165, 1.54) is 23.8 Å². The second kappa shape index (κ2) is 13.1. The molecule has 1 aliphatic carbocycles. The van der Waals surface area contributed by atoms with Crippen molar-refractivity contribution in [3.63, 3.8) is 0 Å². The Bertz CT molecular complexity index is 1130. The van der Waals surface area contributed by atoms with Crippen molar-refractivity contribution in [2.75, 3.05) is 37.2 Å². The molecule has 1 fully saturated rings. The molecule has 2 aromatic carbocycles. The number of carbonyl (C=O) groups excluding carboxylic acids is 1. The molecule has 10 heteroatoms. The average molecular weight is 534 g/mol. The van der Waals surface area contributed by atoms with Crippen LogP contribution in [-0.2, 0) is 10.0 Å². The number of phenols is 1. The monoisotopic (exact) mass is 533 g/mol. The van der Waals surface area contributed by atoms with Crippen molar-refractivity contribution in [2.24, 2.45) is 0 Å². The fourth-order valence-corrected chi connectivity index (χ4v) is 5.23. The number of phenolic OH excluding ortho intramolecular Hbond substituents is 1. The fraction of sp³-hybridized carbons (Fsp3) is 0.519. The first kappa shape index (κ1) is 28.7. The standard InChI is InChI=1S/C27H39N3O6S/c1-4-30(5-2)27(33)21-8-6-19(7-9-21)20-10-12-22(13-11-20)28-17-23(31)18-36-24-14-15-26(32)25(16-24)29-37(3,34)35/h6-9,14-16,20,22-23,28-29,31-32H,4-5,10-13,17-18H2,1-3H3/t20-,22-,23-/m0/s1. The summed E-state index contributed by atoms with van der Waals surface area (Å²) < 4.78 is 30.7. The molecule has 0 radical (unpaired) electrons. The number of aromatic hydroxyl groups is 1. The van der Waals surface area contributed by atoms with Crippen LogP contribution in [0.1, 0.15) is 61.4 Å². The van der Waals surface area contributed by atoms with Crippen molar-refractivity contribution in [1.29, 1.82) is 0 Å². The first-order chi connectivity index (χ1) is 17.6. The highest BCUT2D eigenvalue weighted by Crippen LogP contribution is 2.33. The summed E-state index contributed by atoms with van der Waals surface area (Å²) in [5.41, 5.74) is 2.02. The minimum Gasteiger partial charge on any atom is -0.506 e. The van der Waals surface area contributed by atoms with Crippen LogP contribution in [0, 0.1) is 0 Å². The van der Waals surface area contributed by atoms with Crippen LogP contribution < -0.4 is 14.8 Å². The van der Waals surface area contributed by atoms with Gasteiger partial charge in [-0.25, -0.2) is 8.42 Å². The number of sulfonamides is 1. The molecule has 1 aliphatic rings. The molecule has 0 heterocycles. The first-order valence-electron chi connectivity index (χ1n) is 12.8. The van der Waals surface area contributed by atoms with Crippen LogP contribution in [0.25, 0.3) is 0 Å². The molecule has 37 heavy (non-hydrogen) atoms. The maximum absolute atomic E-state index is 12.5. The van der Waals surface area contributed by atoms with E-state index in [0.29, 0.717) is 37.3 Å². The lowest BCUT2D eigenvalue weighted by Crippen LogP contribution is -2.39. The van der Waals surface area contributed by atoms with Gasteiger partial charge in [0, 0.05) is 37.3 Å². The third-order valence-electron chi connectivity index (χ3n) is 6.75. The number of nitrogens with zero attached hydrogens (tertiary/aromatic N) is 1. The molecule has 1 amide bonds.